The molecular weight excluding hydrogens is 240 g/mol. The second kappa shape index (κ2) is 6.13. The zero-order valence-corrected chi connectivity index (χ0v) is 11.3. The van der Waals surface area contributed by atoms with E-state index in [2.05, 4.69) is 20.2 Å². The van der Waals surface area contributed by atoms with Gasteiger partial charge < -0.3 is 5.32 Å². The third kappa shape index (κ3) is 3.52. The molecule has 0 amide bonds. The quantitative estimate of drug-likeness (QED) is 0.667. The summed E-state index contributed by atoms with van der Waals surface area (Å²) < 4.78 is 26.7. The maximum absolute atomic E-state index is 12.1. The number of nitrogens with zero attached hydrogens (tertiary/aromatic N) is 1. The third-order valence-electron chi connectivity index (χ3n) is 2.31. The number of aromatic nitrogens is 2. The van der Waals surface area contributed by atoms with E-state index >= 15 is 0 Å². The molecule has 0 saturated heterocycles. The van der Waals surface area contributed by atoms with E-state index in [1.165, 1.54) is 0 Å². The van der Waals surface area contributed by atoms with Crippen LogP contribution in [0.1, 0.15) is 31.7 Å². The lowest BCUT2D eigenvalue weighted by Crippen LogP contribution is -2.26. The normalized spacial score (nSPS) is 11.9. The molecule has 1 aromatic rings. The van der Waals surface area contributed by atoms with Crippen molar-refractivity contribution in [3.63, 3.8) is 0 Å². The van der Waals surface area contributed by atoms with Crippen LogP contribution in [0, 0.1) is 6.92 Å². The first-order chi connectivity index (χ1) is 8.03. The zero-order chi connectivity index (χ0) is 12.9. The van der Waals surface area contributed by atoms with Gasteiger partial charge in [0.2, 0.25) is 10.0 Å². The van der Waals surface area contributed by atoms with Gasteiger partial charge in [-0.05, 0) is 19.9 Å². The summed E-state index contributed by atoms with van der Waals surface area (Å²) in [5, 5.41) is 9.81. The van der Waals surface area contributed by atoms with Gasteiger partial charge in [0.25, 0.3) is 0 Å². The summed E-state index contributed by atoms with van der Waals surface area (Å²) in [5.74, 6) is 0. The minimum absolute atomic E-state index is 0.270. The number of rotatable bonds is 7. The predicted octanol–water partition coefficient (Wildman–Crippen LogP) is 0.516. The van der Waals surface area contributed by atoms with Gasteiger partial charge >= 0.3 is 0 Å². The van der Waals surface area contributed by atoms with Crippen molar-refractivity contribution in [3.8, 4) is 0 Å². The summed E-state index contributed by atoms with van der Waals surface area (Å²) in [4.78, 5) is 0.270. The van der Waals surface area contributed by atoms with E-state index in [1.54, 1.807) is 6.92 Å². The molecule has 3 N–H and O–H groups in total. The number of H-pyrrole nitrogens is 1. The molecule has 0 spiro atoms. The lowest BCUT2D eigenvalue weighted by atomic mass is 10.3. The lowest BCUT2D eigenvalue weighted by Gasteiger charge is -2.07. The van der Waals surface area contributed by atoms with Gasteiger partial charge in [0.15, 0.2) is 0 Å². The SMILES string of the molecule is CCCNS(=O)(=O)c1c(CNCC)n[nH]c1C. The first-order valence-corrected chi connectivity index (χ1v) is 7.25. The molecule has 0 aliphatic rings. The van der Waals surface area contributed by atoms with Crippen LogP contribution in [0.4, 0.5) is 0 Å². The van der Waals surface area contributed by atoms with E-state index in [0.717, 1.165) is 13.0 Å². The van der Waals surface area contributed by atoms with Crippen molar-refractivity contribution in [2.45, 2.75) is 38.6 Å². The number of nitrogens with one attached hydrogen (secondary N) is 3. The maximum atomic E-state index is 12.1. The molecule has 98 valence electrons. The highest BCUT2D eigenvalue weighted by molar-refractivity contribution is 7.89. The maximum Gasteiger partial charge on any atom is 0.244 e. The van der Waals surface area contributed by atoms with E-state index < -0.39 is 10.0 Å². The fourth-order valence-electron chi connectivity index (χ4n) is 1.50. The van der Waals surface area contributed by atoms with Gasteiger partial charge in [-0.3, -0.25) is 5.10 Å². The van der Waals surface area contributed by atoms with Crippen molar-refractivity contribution in [2.75, 3.05) is 13.1 Å². The van der Waals surface area contributed by atoms with Crippen LogP contribution < -0.4 is 10.0 Å². The molecule has 6 nitrogen and oxygen atoms in total. The molecule has 0 radical (unpaired) electrons. The van der Waals surface area contributed by atoms with Gasteiger partial charge in [-0.2, -0.15) is 5.10 Å². The first kappa shape index (κ1) is 14.1. The minimum Gasteiger partial charge on any atom is -0.311 e. The monoisotopic (exact) mass is 260 g/mol. The van der Waals surface area contributed by atoms with Gasteiger partial charge in [-0.25, -0.2) is 13.1 Å². The summed E-state index contributed by atoms with van der Waals surface area (Å²) in [6, 6.07) is 0. The van der Waals surface area contributed by atoms with E-state index in [9.17, 15) is 8.42 Å². The van der Waals surface area contributed by atoms with Crippen molar-refractivity contribution >= 4 is 10.0 Å². The molecule has 0 saturated carbocycles. The van der Waals surface area contributed by atoms with E-state index in [1.807, 2.05) is 13.8 Å². The summed E-state index contributed by atoms with van der Waals surface area (Å²) in [6.45, 7) is 7.25. The summed E-state index contributed by atoms with van der Waals surface area (Å²) in [5.41, 5.74) is 1.11. The fourth-order valence-corrected chi connectivity index (χ4v) is 2.99. The molecule has 0 atom stereocenters. The van der Waals surface area contributed by atoms with Crippen LogP contribution in [0.2, 0.25) is 0 Å². The van der Waals surface area contributed by atoms with Crippen molar-refractivity contribution in [2.24, 2.45) is 0 Å². The van der Waals surface area contributed by atoms with Crippen molar-refractivity contribution in [1.29, 1.82) is 0 Å². The molecular formula is C10H20N4O2S. The molecule has 0 aliphatic heterocycles. The average molecular weight is 260 g/mol. The standard InChI is InChI=1S/C10H20N4O2S/c1-4-6-12-17(15,16)10-8(3)13-14-9(10)7-11-5-2/h11-12H,4-7H2,1-3H3,(H,13,14). The van der Waals surface area contributed by atoms with Crippen molar-refractivity contribution in [1.82, 2.24) is 20.2 Å². The Morgan fingerprint density at radius 3 is 2.65 bits per heavy atom. The molecule has 0 unspecified atom stereocenters. The molecule has 0 fully saturated rings. The summed E-state index contributed by atoms with van der Waals surface area (Å²) in [6.07, 6.45) is 0.763. The van der Waals surface area contributed by atoms with Gasteiger partial charge in [-0.15, -0.1) is 0 Å². The largest absolute Gasteiger partial charge is 0.311 e. The van der Waals surface area contributed by atoms with E-state index in [0.29, 0.717) is 24.5 Å². The second-order valence-electron chi connectivity index (χ2n) is 3.80. The van der Waals surface area contributed by atoms with Crippen LogP contribution >= 0.6 is 0 Å². The molecule has 0 bridgehead atoms. The number of aryl methyl sites for hydroxylation is 1. The molecule has 17 heavy (non-hydrogen) atoms. The average Bonchev–Trinajstić information content (AvgIpc) is 2.66. The van der Waals surface area contributed by atoms with Crippen LogP contribution in [0.25, 0.3) is 0 Å². The first-order valence-electron chi connectivity index (χ1n) is 5.77. The van der Waals surface area contributed by atoms with Crippen molar-refractivity contribution in [3.05, 3.63) is 11.4 Å². The Morgan fingerprint density at radius 2 is 2.06 bits per heavy atom. The Hall–Kier alpha value is -0.920. The number of hydrogen-bond acceptors (Lipinski definition) is 4. The van der Waals surface area contributed by atoms with Crippen LogP contribution in [0.3, 0.4) is 0 Å². The number of sulfonamides is 1. The summed E-state index contributed by atoms with van der Waals surface area (Å²) >= 11 is 0. The van der Waals surface area contributed by atoms with Crippen LogP contribution in [-0.2, 0) is 16.6 Å². The van der Waals surface area contributed by atoms with Crippen molar-refractivity contribution < 1.29 is 8.42 Å². The minimum atomic E-state index is -3.45. The Bertz CT molecular complexity index is 453. The summed E-state index contributed by atoms with van der Waals surface area (Å²) in [7, 11) is -3.45. The molecule has 1 heterocycles. The molecule has 0 aliphatic carbocycles. The van der Waals surface area contributed by atoms with E-state index in [4.69, 9.17) is 0 Å². The second-order valence-corrected chi connectivity index (χ2v) is 5.51. The van der Waals surface area contributed by atoms with Gasteiger partial charge in [0, 0.05) is 13.1 Å². The zero-order valence-electron chi connectivity index (χ0n) is 10.5. The van der Waals surface area contributed by atoms with Gasteiger partial charge in [-0.1, -0.05) is 13.8 Å². The number of hydrogen-bond donors (Lipinski definition) is 3. The van der Waals surface area contributed by atoms with E-state index in [-0.39, 0.29) is 4.90 Å². The van der Waals surface area contributed by atoms with Gasteiger partial charge in [0.05, 0.1) is 11.4 Å². The molecule has 7 heteroatoms. The fraction of sp³-hybridized carbons (Fsp3) is 0.700. The molecule has 1 aromatic heterocycles. The highest BCUT2D eigenvalue weighted by Crippen LogP contribution is 2.17. The van der Waals surface area contributed by atoms with Gasteiger partial charge in [0.1, 0.15) is 4.90 Å². The lowest BCUT2D eigenvalue weighted by molar-refractivity contribution is 0.577. The predicted molar refractivity (Wildman–Crippen MR) is 66.2 cm³/mol. The Balaban J connectivity index is 2.98. The third-order valence-corrected chi connectivity index (χ3v) is 3.98. The highest BCUT2D eigenvalue weighted by Gasteiger charge is 2.23. The number of aromatic amines is 1. The van der Waals surface area contributed by atoms with Crippen LogP contribution in [0.15, 0.2) is 4.90 Å². The topological polar surface area (TPSA) is 86.9 Å². The van der Waals surface area contributed by atoms with Crippen LogP contribution in [0.5, 0.6) is 0 Å². The smallest absolute Gasteiger partial charge is 0.244 e. The Kier molecular flexibility index (Phi) is 5.10. The Labute approximate surface area is 102 Å². The molecule has 1 rings (SSSR count). The highest BCUT2D eigenvalue weighted by atomic mass is 32.2. The Morgan fingerprint density at radius 1 is 1.35 bits per heavy atom. The molecule has 0 aromatic carbocycles. The van der Waals surface area contributed by atoms with Crippen LogP contribution in [-0.4, -0.2) is 31.7 Å².